The molecule has 0 bridgehead atoms. The van der Waals surface area contributed by atoms with Gasteiger partial charge in [0.05, 0.1) is 0 Å². The Morgan fingerprint density at radius 3 is 2.11 bits per heavy atom. The van der Waals surface area contributed by atoms with Crippen LogP contribution in [0.15, 0.2) is 10.4 Å². The van der Waals surface area contributed by atoms with Gasteiger partial charge in [-0.3, -0.25) is 0 Å². The first-order valence-electron chi connectivity index (χ1n) is 2.54. The average molecular weight is 168 g/mol. The molecule has 1 heterocycles. The molecule has 4 heteroatoms. The molecule has 0 atom stereocenters. The maximum Gasteiger partial charge on any atom is 0.225 e. The number of hydrogen-bond donors (Lipinski definition) is 1. The molecule has 0 amide bonds. The minimum absolute atomic E-state index is 0.238. The Morgan fingerprint density at radius 1 is 1.44 bits per heavy atom. The summed E-state index contributed by atoms with van der Waals surface area (Å²) in [6.45, 7) is 3.68. The van der Waals surface area contributed by atoms with Crippen molar-refractivity contribution in [2.75, 3.05) is 0 Å². The molecule has 0 radical (unpaired) electrons. The van der Waals surface area contributed by atoms with Crippen LogP contribution in [0.2, 0.25) is 0 Å². The van der Waals surface area contributed by atoms with Crippen LogP contribution in [0, 0.1) is 0 Å². The van der Waals surface area contributed by atoms with Crippen LogP contribution >= 0.6 is 23.2 Å². The average Bonchev–Trinajstić information content (AvgIpc) is 1.79. The molecule has 0 saturated carbocycles. The first kappa shape index (κ1) is 7.03. The van der Waals surface area contributed by atoms with Gasteiger partial charge < -0.3 is 10.1 Å². The van der Waals surface area contributed by atoms with Gasteiger partial charge in [0.1, 0.15) is 0 Å². The Kier molecular flexibility index (Phi) is 1.53. The van der Waals surface area contributed by atoms with Gasteiger partial charge in [0.2, 0.25) is 5.22 Å². The quantitative estimate of drug-likeness (QED) is 0.558. The normalized spacial score (nSPS) is 23.6. The van der Waals surface area contributed by atoms with Crippen LogP contribution in [0.4, 0.5) is 0 Å². The summed E-state index contributed by atoms with van der Waals surface area (Å²) in [4.78, 5) is 0. The maximum absolute atomic E-state index is 5.56. The van der Waals surface area contributed by atoms with Crippen LogP contribution in [0.25, 0.3) is 0 Å². The van der Waals surface area contributed by atoms with E-state index in [4.69, 9.17) is 27.9 Å². The van der Waals surface area contributed by atoms with E-state index in [1.807, 2.05) is 13.8 Å². The molecule has 1 aliphatic heterocycles. The van der Waals surface area contributed by atoms with Gasteiger partial charge in [0.25, 0.3) is 0 Å². The molecule has 1 aliphatic rings. The molecule has 0 aromatic heterocycles. The molecule has 1 rings (SSSR count). The van der Waals surface area contributed by atoms with E-state index in [0.717, 1.165) is 0 Å². The van der Waals surface area contributed by atoms with Crippen molar-refractivity contribution >= 4 is 23.2 Å². The van der Waals surface area contributed by atoms with Gasteiger partial charge in [-0.05, 0) is 25.4 Å². The molecular weight excluding hydrogens is 161 g/mol. The van der Waals surface area contributed by atoms with Crippen LogP contribution in [-0.2, 0) is 4.74 Å². The van der Waals surface area contributed by atoms with E-state index in [2.05, 4.69) is 5.32 Å². The SMILES string of the molecule is CC1(C)NC(Cl)=C(Cl)O1. The van der Waals surface area contributed by atoms with E-state index < -0.39 is 5.72 Å². The summed E-state index contributed by atoms with van der Waals surface area (Å²) < 4.78 is 5.06. The molecule has 0 aromatic rings. The molecule has 2 nitrogen and oxygen atoms in total. The summed E-state index contributed by atoms with van der Waals surface area (Å²) >= 11 is 11.1. The number of ether oxygens (including phenoxy) is 1. The van der Waals surface area contributed by atoms with Gasteiger partial charge in [0, 0.05) is 0 Å². The maximum atomic E-state index is 5.56. The summed E-state index contributed by atoms with van der Waals surface area (Å²) in [6.07, 6.45) is 0. The first-order valence-corrected chi connectivity index (χ1v) is 3.29. The van der Waals surface area contributed by atoms with Crippen molar-refractivity contribution in [3.05, 3.63) is 10.4 Å². The third kappa shape index (κ3) is 1.43. The van der Waals surface area contributed by atoms with E-state index in [9.17, 15) is 0 Å². The second kappa shape index (κ2) is 1.96. The largest absolute Gasteiger partial charge is 0.455 e. The molecule has 0 fully saturated rings. The lowest BCUT2D eigenvalue weighted by molar-refractivity contribution is 0.0554. The Hall–Kier alpha value is -0.0800. The molecule has 52 valence electrons. The summed E-state index contributed by atoms with van der Waals surface area (Å²) in [6, 6.07) is 0. The van der Waals surface area contributed by atoms with Gasteiger partial charge in [0.15, 0.2) is 10.9 Å². The smallest absolute Gasteiger partial charge is 0.225 e. The lowest BCUT2D eigenvalue weighted by Gasteiger charge is -2.18. The van der Waals surface area contributed by atoms with Gasteiger partial charge >= 0.3 is 0 Å². The van der Waals surface area contributed by atoms with Gasteiger partial charge in [-0.2, -0.15) is 0 Å². The highest BCUT2D eigenvalue weighted by atomic mass is 35.5. The van der Waals surface area contributed by atoms with E-state index >= 15 is 0 Å². The standard InChI is InChI=1S/C5H7Cl2NO/c1-5(2)8-3(6)4(7)9-5/h8H,1-2H3. The van der Waals surface area contributed by atoms with Crippen molar-refractivity contribution in [3.8, 4) is 0 Å². The summed E-state index contributed by atoms with van der Waals surface area (Å²) in [5.41, 5.74) is -0.450. The van der Waals surface area contributed by atoms with Crippen molar-refractivity contribution in [1.82, 2.24) is 5.32 Å². The van der Waals surface area contributed by atoms with E-state index in [-0.39, 0.29) is 5.22 Å². The lowest BCUT2D eigenvalue weighted by Crippen LogP contribution is -2.33. The fourth-order valence-electron chi connectivity index (χ4n) is 0.608. The molecule has 0 aromatic carbocycles. The highest BCUT2D eigenvalue weighted by molar-refractivity contribution is 6.38. The number of hydrogen-bond acceptors (Lipinski definition) is 2. The topological polar surface area (TPSA) is 21.3 Å². The van der Waals surface area contributed by atoms with Gasteiger partial charge in [-0.15, -0.1) is 0 Å². The van der Waals surface area contributed by atoms with Crippen LogP contribution in [0.3, 0.4) is 0 Å². The van der Waals surface area contributed by atoms with Gasteiger partial charge in [-0.25, -0.2) is 0 Å². The molecular formula is C5H7Cl2NO. The fraction of sp³-hybridized carbons (Fsp3) is 0.600. The second-order valence-corrected chi connectivity index (χ2v) is 3.05. The molecule has 1 N–H and O–H groups in total. The minimum atomic E-state index is -0.450. The zero-order valence-electron chi connectivity index (χ0n) is 5.16. The Balaban J connectivity index is 2.70. The third-order valence-corrected chi connectivity index (χ3v) is 1.56. The Morgan fingerprint density at radius 2 is 2.00 bits per heavy atom. The number of halogens is 2. The molecule has 9 heavy (non-hydrogen) atoms. The van der Waals surface area contributed by atoms with E-state index in [1.165, 1.54) is 0 Å². The molecule has 0 saturated heterocycles. The number of nitrogens with one attached hydrogen (secondary N) is 1. The van der Waals surface area contributed by atoms with Crippen molar-refractivity contribution in [2.45, 2.75) is 19.6 Å². The molecule has 0 spiro atoms. The summed E-state index contributed by atoms with van der Waals surface area (Å²) in [5, 5.41) is 3.45. The predicted molar refractivity (Wildman–Crippen MR) is 37.0 cm³/mol. The zero-order chi connectivity index (χ0) is 7.07. The predicted octanol–water partition coefficient (Wildman–Crippen LogP) is 1.95. The second-order valence-electron chi connectivity index (χ2n) is 2.33. The van der Waals surface area contributed by atoms with Gasteiger partial charge in [-0.1, -0.05) is 11.6 Å². The monoisotopic (exact) mass is 167 g/mol. The lowest BCUT2D eigenvalue weighted by atomic mass is 10.3. The summed E-state index contributed by atoms with van der Waals surface area (Å²) in [7, 11) is 0. The highest BCUT2D eigenvalue weighted by Crippen LogP contribution is 2.27. The van der Waals surface area contributed by atoms with Crippen molar-refractivity contribution in [2.24, 2.45) is 0 Å². The first-order chi connectivity index (χ1) is 4.01. The molecule has 0 unspecified atom stereocenters. The minimum Gasteiger partial charge on any atom is -0.455 e. The van der Waals surface area contributed by atoms with Crippen LogP contribution in [0.1, 0.15) is 13.8 Å². The van der Waals surface area contributed by atoms with E-state index in [1.54, 1.807) is 0 Å². The van der Waals surface area contributed by atoms with Crippen molar-refractivity contribution < 1.29 is 4.74 Å². The third-order valence-electron chi connectivity index (χ3n) is 0.928. The van der Waals surface area contributed by atoms with Crippen LogP contribution in [0.5, 0.6) is 0 Å². The highest BCUT2D eigenvalue weighted by Gasteiger charge is 2.29. The van der Waals surface area contributed by atoms with Crippen LogP contribution in [-0.4, -0.2) is 5.72 Å². The van der Waals surface area contributed by atoms with Crippen molar-refractivity contribution in [3.63, 3.8) is 0 Å². The zero-order valence-corrected chi connectivity index (χ0v) is 6.68. The van der Waals surface area contributed by atoms with E-state index in [0.29, 0.717) is 5.16 Å². The number of rotatable bonds is 0. The fourth-order valence-corrected chi connectivity index (χ4v) is 1.11. The van der Waals surface area contributed by atoms with Crippen molar-refractivity contribution in [1.29, 1.82) is 0 Å². The summed E-state index contributed by atoms with van der Waals surface area (Å²) in [5.74, 6) is 0. The van der Waals surface area contributed by atoms with Crippen LogP contribution < -0.4 is 5.32 Å². The Bertz CT molecular complexity index is 148. The Labute approximate surface area is 63.8 Å². The molecule has 0 aliphatic carbocycles.